The Morgan fingerprint density at radius 3 is 2.50 bits per heavy atom. The molecule has 3 heteroatoms. The summed E-state index contributed by atoms with van der Waals surface area (Å²) in [5.41, 5.74) is 5.50. The zero-order valence-electron chi connectivity index (χ0n) is 9.26. The lowest BCUT2D eigenvalue weighted by Crippen LogP contribution is -2.38. The van der Waals surface area contributed by atoms with Crippen LogP contribution in [-0.4, -0.2) is 30.4 Å². The van der Waals surface area contributed by atoms with Gasteiger partial charge in [0.2, 0.25) is 0 Å². The lowest BCUT2D eigenvalue weighted by atomic mass is 9.96. The average molecular weight is 197 g/mol. The summed E-state index contributed by atoms with van der Waals surface area (Å²) in [4.78, 5) is 2.51. The minimum Gasteiger partial charge on any atom is -0.387 e. The van der Waals surface area contributed by atoms with Crippen LogP contribution < -0.4 is 5.73 Å². The minimum atomic E-state index is 0.359. The molecule has 0 aromatic heterocycles. The molecule has 0 saturated carbocycles. The molecule has 0 aromatic carbocycles. The van der Waals surface area contributed by atoms with Gasteiger partial charge in [0.15, 0.2) is 0 Å². The van der Waals surface area contributed by atoms with Crippen LogP contribution in [0.15, 0.2) is 0 Å². The monoisotopic (exact) mass is 197 g/mol. The predicted octanol–water partition coefficient (Wildman–Crippen LogP) is 1.82. The first-order chi connectivity index (χ1) is 6.74. The van der Waals surface area contributed by atoms with Crippen molar-refractivity contribution in [2.24, 2.45) is 11.7 Å². The lowest BCUT2D eigenvalue weighted by Gasteiger charge is -2.31. The van der Waals surface area contributed by atoms with Gasteiger partial charge in [0, 0.05) is 5.92 Å². The van der Waals surface area contributed by atoms with Crippen LogP contribution in [0.5, 0.6) is 0 Å². The Labute approximate surface area is 87.2 Å². The van der Waals surface area contributed by atoms with Crippen molar-refractivity contribution >= 4 is 5.84 Å². The van der Waals surface area contributed by atoms with E-state index in [1.165, 1.54) is 25.8 Å². The number of likely N-dealkylation sites (tertiary alicyclic amines) is 1. The van der Waals surface area contributed by atoms with E-state index >= 15 is 0 Å². The topological polar surface area (TPSA) is 53.1 Å². The highest BCUT2D eigenvalue weighted by Gasteiger charge is 2.20. The first-order valence-electron chi connectivity index (χ1n) is 5.80. The summed E-state index contributed by atoms with van der Waals surface area (Å²) < 4.78 is 0. The molecule has 0 spiro atoms. The molecule has 14 heavy (non-hydrogen) atoms. The number of unbranched alkanes of at least 4 members (excludes halogenated alkanes) is 2. The number of piperidine rings is 1. The number of hydrogen-bond acceptors (Lipinski definition) is 2. The first-order valence-corrected chi connectivity index (χ1v) is 5.80. The number of hydrogen-bond donors (Lipinski definition) is 2. The van der Waals surface area contributed by atoms with E-state index < -0.39 is 0 Å². The Hall–Kier alpha value is -0.570. The van der Waals surface area contributed by atoms with Crippen LogP contribution in [0.2, 0.25) is 0 Å². The molecule has 3 N–H and O–H groups in total. The summed E-state index contributed by atoms with van der Waals surface area (Å²) in [7, 11) is 0. The largest absolute Gasteiger partial charge is 0.387 e. The number of rotatable bonds is 5. The molecule has 1 saturated heterocycles. The fourth-order valence-electron chi connectivity index (χ4n) is 2.05. The maximum absolute atomic E-state index is 7.38. The maximum Gasteiger partial charge on any atom is 0.0937 e. The van der Waals surface area contributed by atoms with Gasteiger partial charge in [-0.2, -0.15) is 0 Å². The van der Waals surface area contributed by atoms with Crippen molar-refractivity contribution in [3.8, 4) is 0 Å². The van der Waals surface area contributed by atoms with Gasteiger partial charge in [-0.05, 0) is 38.9 Å². The van der Waals surface area contributed by atoms with Gasteiger partial charge in [0.25, 0.3) is 0 Å². The molecule has 1 aliphatic heterocycles. The van der Waals surface area contributed by atoms with E-state index in [0.29, 0.717) is 11.8 Å². The van der Waals surface area contributed by atoms with Gasteiger partial charge in [-0.1, -0.05) is 19.8 Å². The van der Waals surface area contributed by atoms with Crippen molar-refractivity contribution < 1.29 is 0 Å². The highest BCUT2D eigenvalue weighted by Crippen LogP contribution is 2.17. The summed E-state index contributed by atoms with van der Waals surface area (Å²) in [6.45, 7) is 5.74. The molecule has 0 unspecified atom stereocenters. The van der Waals surface area contributed by atoms with Gasteiger partial charge in [-0.3, -0.25) is 5.41 Å². The van der Waals surface area contributed by atoms with Crippen LogP contribution >= 0.6 is 0 Å². The fourth-order valence-corrected chi connectivity index (χ4v) is 2.05. The highest BCUT2D eigenvalue weighted by atomic mass is 15.1. The van der Waals surface area contributed by atoms with E-state index in [1.54, 1.807) is 0 Å². The standard InChI is InChI=1S/C11H23N3/c1-2-3-4-7-14-8-5-10(6-9-14)11(12)13/h10H,2-9H2,1H3,(H3,12,13). The number of nitrogens with zero attached hydrogens (tertiary/aromatic N) is 1. The number of nitrogens with two attached hydrogens (primary N) is 1. The second-order valence-corrected chi connectivity index (χ2v) is 4.28. The van der Waals surface area contributed by atoms with Crippen LogP contribution in [-0.2, 0) is 0 Å². The summed E-state index contributed by atoms with van der Waals surface area (Å²) in [6.07, 6.45) is 6.13. The van der Waals surface area contributed by atoms with E-state index in [0.717, 1.165) is 25.9 Å². The SMILES string of the molecule is CCCCCN1CCC(C(=N)N)CC1. The van der Waals surface area contributed by atoms with Gasteiger partial charge >= 0.3 is 0 Å². The molecule has 0 aromatic rings. The molecule has 1 heterocycles. The van der Waals surface area contributed by atoms with E-state index in [1.807, 2.05) is 0 Å². The molecular formula is C11H23N3. The summed E-state index contributed by atoms with van der Waals surface area (Å²) >= 11 is 0. The molecule has 1 aliphatic rings. The van der Waals surface area contributed by atoms with Gasteiger partial charge in [0.05, 0.1) is 5.84 Å². The molecule has 82 valence electrons. The van der Waals surface area contributed by atoms with Crippen LogP contribution in [0, 0.1) is 11.3 Å². The van der Waals surface area contributed by atoms with Gasteiger partial charge in [-0.15, -0.1) is 0 Å². The Kier molecular flexibility index (Phi) is 4.94. The van der Waals surface area contributed by atoms with Crippen LogP contribution in [0.3, 0.4) is 0 Å². The first kappa shape index (κ1) is 11.5. The normalized spacial score (nSPS) is 19.8. The molecule has 0 aliphatic carbocycles. The Balaban J connectivity index is 2.12. The van der Waals surface area contributed by atoms with Crippen LogP contribution in [0.1, 0.15) is 39.0 Å². The third kappa shape index (κ3) is 3.66. The third-order valence-corrected chi connectivity index (χ3v) is 3.11. The summed E-state index contributed by atoms with van der Waals surface area (Å²) in [6, 6.07) is 0. The zero-order chi connectivity index (χ0) is 10.4. The summed E-state index contributed by atoms with van der Waals surface area (Å²) in [5, 5.41) is 7.38. The van der Waals surface area contributed by atoms with Crippen LogP contribution in [0.25, 0.3) is 0 Å². The van der Waals surface area contributed by atoms with E-state index in [4.69, 9.17) is 11.1 Å². The molecule has 1 fully saturated rings. The van der Waals surface area contributed by atoms with Crippen LogP contribution in [0.4, 0.5) is 0 Å². The van der Waals surface area contributed by atoms with Crippen molar-refractivity contribution in [1.29, 1.82) is 5.41 Å². The number of amidine groups is 1. The molecule has 0 atom stereocenters. The Morgan fingerprint density at radius 2 is 2.00 bits per heavy atom. The Bertz CT molecular complexity index is 171. The molecule has 1 rings (SSSR count). The highest BCUT2D eigenvalue weighted by molar-refractivity contribution is 5.79. The fraction of sp³-hybridized carbons (Fsp3) is 0.909. The van der Waals surface area contributed by atoms with Gasteiger partial charge in [0.1, 0.15) is 0 Å². The van der Waals surface area contributed by atoms with Crippen molar-refractivity contribution in [2.75, 3.05) is 19.6 Å². The predicted molar refractivity (Wildman–Crippen MR) is 60.6 cm³/mol. The third-order valence-electron chi connectivity index (χ3n) is 3.11. The smallest absolute Gasteiger partial charge is 0.0937 e. The Morgan fingerprint density at radius 1 is 1.36 bits per heavy atom. The minimum absolute atomic E-state index is 0.359. The molecule has 3 nitrogen and oxygen atoms in total. The van der Waals surface area contributed by atoms with Gasteiger partial charge in [-0.25, -0.2) is 0 Å². The maximum atomic E-state index is 7.38. The molecule has 0 amide bonds. The van der Waals surface area contributed by atoms with Crippen molar-refractivity contribution in [3.05, 3.63) is 0 Å². The van der Waals surface area contributed by atoms with E-state index in [2.05, 4.69) is 11.8 Å². The van der Waals surface area contributed by atoms with Crippen molar-refractivity contribution in [3.63, 3.8) is 0 Å². The number of nitrogens with one attached hydrogen (secondary N) is 1. The van der Waals surface area contributed by atoms with E-state index in [-0.39, 0.29) is 0 Å². The quantitative estimate of drug-likeness (QED) is 0.401. The molecule has 0 radical (unpaired) electrons. The second kappa shape index (κ2) is 6.02. The second-order valence-electron chi connectivity index (χ2n) is 4.28. The average Bonchev–Trinajstić information content (AvgIpc) is 2.19. The molecule has 0 bridgehead atoms. The summed E-state index contributed by atoms with van der Waals surface area (Å²) in [5.74, 6) is 0.746. The zero-order valence-corrected chi connectivity index (χ0v) is 9.26. The van der Waals surface area contributed by atoms with E-state index in [9.17, 15) is 0 Å². The molecular weight excluding hydrogens is 174 g/mol. The van der Waals surface area contributed by atoms with Gasteiger partial charge < -0.3 is 10.6 Å². The van der Waals surface area contributed by atoms with Crippen molar-refractivity contribution in [2.45, 2.75) is 39.0 Å². The lowest BCUT2D eigenvalue weighted by molar-refractivity contribution is 0.205. The van der Waals surface area contributed by atoms with Crippen molar-refractivity contribution in [1.82, 2.24) is 4.90 Å².